The van der Waals surface area contributed by atoms with Gasteiger partial charge in [-0.05, 0) is 0 Å². The number of carbonyl (C=O) groups is 4. The van der Waals surface area contributed by atoms with E-state index in [9.17, 15) is 0 Å². The van der Waals surface area contributed by atoms with E-state index in [1.807, 2.05) is 0 Å². The number of aliphatic carboxylic acids is 4. The maximum atomic E-state index is 9.00. The first kappa shape index (κ1) is 57.6. The van der Waals surface area contributed by atoms with Crippen LogP contribution in [0.1, 0.15) is 27.7 Å². The van der Waals surface area contributed by atoms with Gasteiger partial charge in [0.2, 0.25) is 0 Å². The van der Waals surface area contributed by atoms with Crippen molar-refractivity contribution in [2.75, 3.05) is 13.1 Å². The van der Waals surface area contributed by atoms with Gasteiger partial charge in [-0.15, -0.1) is 0 Å². The van der Waals surface area contributed by atoms with Gasteiger partial charge in [0.15, 0.2) is 0 Å². The summed E-state index contributed by atoms with van der Waals surface area (Å²) in [5, 5.41) is 29.7. The summed E-state index contributed by atoms with van der Waals surface area (Å²) in [5.74, 6) is -3.33. The Hall–Kier alpha value is 2.82. The summed E-state index contributed by atoms with van der Waals surface area (Å²) < 4.78 is 8.55. The molecule has 0 fully saturated rings. The number of hydrogen-bond acceptors (Lipinski definition) is 10. The van der Waals surface area contributed by atoms with Gasteiger partial charge in [0.05, 0.1) is 0 Å². The molecule has 0 aliphatic carbocycles. The van der Waals surface area contributed by atoms with Crippen LogP contribution in [0.5, 0.6) is 0 Å². The molecule has 0 atom stereocenters. The Morgan fingerprint density at radius 1 is 0.643 bits per heavy atom. The van der Waals surface area contributed by atoms with Gasteiger partial charge in [-0.25, -0.2) is 0 Å². The molecule has 0 saturated heterocycles. The molecular formula is C10H24K3N2O12P. The van der Waals surface area contributed by atoms with Gasteiger partial charge in [-0.2, -0.15) is 7.82 Å². The van der Waals surface area contributed by atoms with E-state index in [1.165, 1.54) is 0 Å². The topological polar surface area (TPSA) is 287 Å². The second-order valence-corrected chi connectivity index (χ2v) is 4.00. The summed E-state index contributed by atoms with van der Waals surface area (Å²) >= 11 is 0. The molecule has 154 valence electrons. The molecule has 0 aromatic heterocycles. The van der Waals surface area contributed by atoms with Crippen LogP contribution in [-0.2, 0) is 23.7 Å². The zero-order valence-corrected chi connectivity index (χ0v) is 27.3. The van der Waals surface area contributed by atoms with Gasteiger partial charge >= 0.3 is 154 Å². The molecule has 8 N–H and O–H groups in total. The first-order valence-electron chi connectivity index (χ1n) is 5.76. The van der Waals surface area contributed by atoms with Crippen molar-refractivity contribution in [3.63, 3.8) is 0 Å². The first-order chi connectivity index (χ1) is 10.8. The van der Waals surface area contributed by atoms with Gasteiger partial charge in [0.25, 0.3) is 23.9 Å². The van der Waals surface area contributed by atoms with Crippen molar-refractivity contribution >= 4 is 31.7 Å². The van der Waals surface area contributed by atoms with Crippen molar-refractivity contribution in [1.29, 1.82) is 0 Å². The quantitative estimate of drug-likeness (QED) is 0.140. The van der Waals surface area contributed by atoms with Gasteiger partial charge in [0, 0.05) is 40.8 Å². The summed E-state index contributed by atoms with van der Waals surface area (Å²) in [6, 6.07) is 0. The zero-order valence-electron chi connectivity index (χ0n) is 17.1. The summed E-state index contributed by atoms with van der Waals surface area (Å²) in [7, 11) is -5.39. The smallest absolute Gasteiger partial charge is 0.822 e. The Morgan fingerprint density at radius 2 is 0.679 bits per heavy atom. The van der Waals surface area contributed by atoms with Gasteiger partial charge in [-0.3, -0.25) is 19.2 Å². The number of carboxylic acids is 4. The van der Waals surface area contributed by atoms with Crippen molar-refractivity contribution in [1.82, 2.24) is 0 Å². The van der Waals surface area contributed by atoms with E-state index < -0.39 is 31.7 Å². The van der Waals surface area contributed by atoms with E-state index in [-0.39, 0.29) is 154 Å². The summed E-state index contributed by atoms with van der Waals surface area (Å²) in [5.41, 5.74) is 9.81. The molecule has 0 aromatic rings. The van der Waals surface area contributed by atoms with E-state index in [4.69, 9.17) is 70.3 Å². The number of phosphoric acid groups is 1. The normalized spacial score (nSPS) is 6.75. The number of hydrogen-bond donors (Lipinski definition) is 6. The second kappa shape index (κ2) is 47.6. The van der Waals surface area contributed by atoms with Gasteiger partial charge in [0.1, 0.15) is 0 Å². The first-order valence-corrected chi connectivity index (χ1v) is 7.22. The molecule has 0 amide bonds. The molecule has 0 saturated carbocycles. The van der Waals surface area contributed by atoms with Crippen LogP contribution in [0.2, 0.25) is 0 Å². The van der Waals surface area contributed by atoms with Crippen LogP contribution in [0.3, 0.4) is 0 Å². The minimum absolute atomic E-state index is 0. The van der Waals surface area contributed by atoms with Crippen molar-refractivity contribution in [2.24, 2.45) is 11.5 Å². The average Bonchev–Trinajstić information content (AvgIpc) is 2.22. The minimum atomic E-state index is -5.39. The summed E-state index contributed by atoms with van der Waals surface area (Å²) in [6.45, 7) is 5.53. The maximum Gasteiger partial charge on any atom is 1.00 e. The van der Waals surface area contributed by atoms with Crippen molar-refractivity contribution < 1.29 is 213 Å². The second-order valence-electron chi connectivity index (χ2n) is 3.10. The van der Waals surface area contributed by atoms with E-state index in [0.717, 1.165) is 27.7 Å². The van der Waals surface area contributed by atoms with Crippen LogP contribution in [0.25, 0.3) is 0 Å². The predicted molar refractivity (Wildman–Crippen MR) is 79.0 cm³/mol. The van der Waals surface area contributed by atoms with Crippen LogP contribution in [0.15, 0.2) is 0 Å². The molecule has 28 heavy (non-hydrogen) atoms. The molecule has 0 bridgehead atoms. The van der Waals surface area contributed by atoms with E-state index >= 15 is 0 Å². The van der Waals surface area contributed by atoms with Gasteiger partial charge in [-0.1, -0.05) is 0 Å². The minimum Gasteiger partial charge on any atom is -0.822 e. The molecule has 0 heterocycles. The predicted octanol–water partition coefficient (Wildman–Crippen LogP) is -12.5. The molecule has 0 rings (SSSR count). The molecule has 18 heteroatoms. The Labute approximate surface area is 290 Å². The summed E-state index contributed by atoms with van der Waals surface area (Å²) in [6.07, 6.45) is 0. The molecule has 0 aliphatic heterocycles. The Morgan fingerprint density at radius 3 is 0.679 bits per heavy atom. The Kier molecular flexibility index (Phi) is 97.8. The molecule has 0 radical (unpaired) electrons. The Balaban J connectivity index is -0.0000000217. The Bertz CT molecular complexity index is 322. The van der Waals surface area contributed by atoms with E-state index in [2.05, 4.69) is 0 Å². The van der Waals surface area contributed by atoms with Crippen LogP contribution in [0.4, 0.5) is 0 Å². The third-order valence-corrected chi connectivity index (χ3v) is 0.167. The standard InChI is InChI=1S/C2H8N2.4C2H4O2.3K.H3O4P/c3-1-2-4;4*1-2(3)4;;;;1-5(2,3)4/h1-4H2;4*1H3,(H,3,4);;;;(H3,1,2,3,4)/q;;;;;3*+1;/p-3. The molecule has 0 aliphatic rings. The van der Waals surface area contributed by atoms with Crippen molar-refractivity contribution in [3.8, 4) is 0 Å². The fourth-order valence-corrected chi connectivity index (χ4v) is 0. The van der Waals surface area contributed by atoms with Crippen LogP contribution in [0, 0.1) is 0 Å². The van der Waals surface area contributed by atoms with Crippen LogP contribution >= 0.6 is 7.82 Å². The van der Waals surface area contributed by atoms with E-state index in [1.54, 1.807) is 0 Å². The monoisotopic (exact) mass is 512 g/mol. The fourth-order valence-electron chi connectivity index (χ4n) is 0. The fraction of sp³-hybridized carbons (Fsp3) is 0.600. The van der Waals surface area contributed by atoms with Crippen molar-refractivity contribution in [2.45, 2.75) is 27.7 Å². The largest absolute Gasteiger partial charge is 1.00 e. The third kappa shape index (κ3) is 1530. The van der Waals surface area contributed by atoms with Crippen LogP contribution < -0.4 is 180 Å². The molecule has 0 aromatic carbocycles. The molecular weight excluding hydrogens is 488 g/mol. The third-order valence-electron chi connectivity index (χ3n) is 0.167. The number of carboxylic acid groups (broad SMARTS) is 4. The number of nitrogens with two attached hydrogens (primary N) is 2. The maximum absolute atomic E-state index is 9.00. The SMILES string of the molecule is CC(=O)O.CC(=O)O.CC(=O)O.CC(=O)O.NCCN.O=P([O-])([O-])[O-].[K+].[K+].[K+]. The van der Waals surface area contributed by atoms with Gasteiger partial charge < -0.3 is 51.1 Å². The van der Waals surface area contributed by atoms with Crippen molar-refractivity contribution in [3.05, 3.63) is 0 Å². The molecule has 0 spiro atoms. The van der Waals surface area contributed by atoms with E-state index in [0.29, 0.717) is 13.1 Å². The molecule has 0 unspecified atom stereocenters. The zero-order chi connectivity index (χ0) is 22.2. The van der Waals surface area contributed by atoms with Crippen LogP contribution in [-0.4, -0.2) is 57.4 Å². The molecule has 14 nitrogen and oxygen atoms in total. The summed E-state index contributed by atoms with van der Waals surface area (Å²) in [4.78, 5) is 61.6. The number of rotatable bonds is 1. The average molecular weight is 513 g/mol.